The van der Waals surface area contributed by atoms with E-state index in [9.17, 15) is 9.59 Å². The minimum Gasteiger partial charge on any atom is -0.464 e. The SMILES string of the molecule is COC(=O)/C(=C/c1ncc[nH]1)NC(=O)OCc1ccccc1. The average molecular weight is 301 g/mol. The molecule has 2 N–H and O–H groups in total. The van der Waals surface area contributed by atoms with Crippen molar-refractivity contribution in [1.29, 1.82) is 0 Å². The molecule has 0 bridgehead atoms. The third-order valence-electron chi connectivity index (χ3n) is 2.66. The second-order valence-corrected chi connectivity index (χ2v) is 4.21. The van der Waals surface area contributed by atoms with Gasteiger partial charge in [-0.1, -0.05) is 30.3 Å². The Hall–Kier alpha value is -3.09. The fraction of sp³-hybridized carbons (Fsp3) is 0.133. The first kappa shape index (κ1) is 15.3. The lowest BCUT2D eigenvalue weighted by atomic mass is 10.2. The number of benzene rings is 1. The largest absolute Gasteiger partial charge is 0.464 e. The summed E-state index contributed by atoms with van der Waals surface area (Å²) >= 11 is 0. The standard InChI is InChI=1S/C15H15N3O4/c1-21-14(19)12(9-13-16-7-8-17-13)18-15(20)22-10-11-5-3-2-4-6-11/h2-9H,10H2,1H3,(H,16,17)(H,18,20)/b12-9-. The van der Waals surface area contributed by atoms with Crippen LogP contribution in [0, 0.1) is 0 Å². The third kappa shape index (κ3) is 4.48. The predicted molar refractivity (Wildman–Crippen MR) is 78.3 cm³/mol. The highest BCUT2D eigenvalue weighted by Gasteiger charge is 2.15. The summed E-state index contributed by atoms with van der Waals surface area (Å²) in [6.45, 7) is 0.0991. The first-order valence-electron chi connectivity index (χ1n) is 6.46. The Morgan fingerprint density at radius 2 is 2.09 bits per heavy atom. The molecular formula is C15H15N3O4. The Kier molecular flexibility index (Phi) is 5.31. The maximum absolute atomic E-state index is 11.8. The number of ether oxygens (including phenoxy) is 2. The molecule has 0 radical (unpaired) electrons. The van der Waals surface area contributed by atoms with Gasteiger partial charge in [-0.05, 0) is 5.56 Å². The lowest BCUT2D eigenvalue weighted by Gasteiger charge is -2.08. The summed E-state index contributed by atoms with van der Waals surface area (Å²) in [5.74, 6) is -0.295. The zero-order valence-electron chi connectivity index (χ0n) is 11.9. The molecule has 2 rings (SSSR count). The number of hydrogen-bond acceptors (Lipinski definition) is 5. The van der Waals surface area contributed by atoms with Crippen LogP contribution < -0.4 is 5.32 Å². The van der Waals surface area contributed by atoms with Crippen LogP contribution in [-0.4, -0.2) is 29.1 Å². The van der Waals surface area contributed by atoms with Gasteiger partial charge in [0.25, 0.3) is 0 Å². The molecule has 0 atom stereocenters. The van der Waals surface area contributed by atoms with Gasteiger partial charge in [0.2, 0.25) is 0 Å². The molecule has 0 saturated heterocycles. The molecule has 1 aromatic heterocycles. The van der Waals surface area contributed by atoms with Crippen LogP contribution in [0.25, 0.3) is 6.08 Å². The maximum atomic E-state index is 11.8. The molecule has 1 heterocycles. The molecular weight excluding hydrogens is 286 g/mol. The summed E-state index contributed by atoms with van der Waals surface area (Å²) in [5.41, 5.74) is 0.766. The number of rotatable bonds is 5. The summed E-state index contributed by atoms with van der Waals surface area (Å²) in [7, 11) is 1.22. The van der Waals surface area contributed by atoms with Gasteiger partial charge in [0, 0.05) is 18.5 Å². The number of hydrogen-bond donors (Lipinski definition) is 2. The first-order chi connectivity index (χ1) is 10.7. The molecule has 22 heavy (non-hydrogen) atoms. The lowest BCUT2D eigenvalue weighted by Crippen LogP contribution is -2.28. The van der Waals surface area contributed by atoms with E-state index in [0.29, 0.717) is 5.82 Å². The quantitative estimate of drug-likeness (QED) is 0.649. The maximum Gasteiger partial charge on any atom is 0.412 e. The van der Waals surface area contributed by atoms with E-state index in [0.717, 1.165) is 5.56 Å². The van der Waals surface area contributed by atoms with E-state index in [1.807, 2.05) is 30.3 Å². The molecule has 0 aliphatic heterocycles. The number of aromatic amines is 1. The molecule has 2 aromatic rings. The smallest absolute Gasteiger partial charge is 0.412 e. The van der Waals surface area contributed by atoms with Crippen LogP contribution in [0.1, 0.15) is 11.4 Å². The van der Waals surface area contributed by atoms with Crippen LogP contribution in [0.5, 0.6) is 0 Å². The van der Waals surface area contributed by atoms with Crippen LogP contribution in [0.4, 0.5) is 4.79 Å². The van der Waals surface area contributed by atoms with Crippen LogP contribution >= 0.6 is 0 Å². The Labute approximate surface area is 127 Å². The van der Waals surface area contributed by atoms with Gasteiger partial charge < -0.3 is 14.5 Å². The van der Waals surface area contributed by atoms with Crippen molar-refractivity contribution in [2.45, 2.75) is 6.61 Å². The summed E-state index contributed by atoms with van der Waals surface area (Å²) in [5, 5.41) is 2.34. The molecule has 0 aliphatic rings. The Balaban J connectivity index is 1.98. The van der Waals surface area contributed by atoms with Crippen molar-refractivity contribution in [1.82, 2.24) is 15.3 Å². The average Bonchev–Trinajstić information content (AvgIpc) is 3.05. The Bertz CT molecular complexity index is 651. The second kappa shape index (κ2) is 7.63. The van der Waals surface area contributed by atoms with Gasteiger partial charge in [-0.25, -0.2) is 14.6 Å². The van der Waals surface area contributed by atoms with E-state index in [1.165, 1.54) is 19.4 Å². The van der Waals surface area contributed by atoms with Crippen LogP contribution in [-0.2, 0) is 20.9 Å². The van der Waals surface area contributed by atoms with Gasteiger partial charge in [0.05, 0.1) is 7.11 Å². The summed E-state index contributed by atoms with van der Waals surface area (Å²) in [4.78, 5) is 30.1. The number of nitrogens with zero attached hydrogens (tertiary/aromatic N) is 1. The van der Waals surface area contributed by atoms with Gasteiger partial charge in [-0.2, -0.15) is 0 Å². The number of amides is 1. The highest BCUT2D eigenvalue weighted by atomic mass is 16.6. The van der Waals surface area contributed by atoms with E-state index in [1.54, 1.807) is 6.20 Å². The minimum atomic E-state index is -0.757. The van der Waals surface area contributed by atoms with Crippen LogP contribution in [0.2, 0.25) is 0 Å². The Morgan fingerprint density at radius 3 is 2.73 bits per heavy atom. The van der Waals surface area contributed by atoms with E-state index in [4.69, 9.17) is 4.74 Å². The molecule has 0 unspecified atom stereocenters. The van der Waals surface area contributed by atoms with Gasteiger partial charge in [-0.15, -0.1) is 0 Å². The van der Waals surface area contributed by atoms with Gasteiger partial charge in [-0.3, -0.25) is 5.32 Å². The third-order valence-corrected chi connectivity index (χ3v) is 2.66. The number of H-pyrrole nitrogens is 1. The van der Waals surface area contributed by atoms with Crippen molar-refractivity contribution in [2.24, 2.45) is 0 Å². The summed E-state index contributed by atoms with van der Waals surface area (Å²) in [6, 6.07) is 9.20. The summed E-state index contributed by atoms with van der Waals surface area (Å²) < 4.78 is 9.65. The van der Waals surface area contributed by atoms with Crippen molar-refractivity contribution in [3.05, 3.63) is 59.8 Å². The number of imidazole rings is 1. The van der Waals surface area contributed by atoms with Gasteiger partial charge in [0.1, 0.15) is 18.1 Å². The highest BCUT2D eigenvalue weighted by molar-refractivity contribution is 5.96. The topological polar surface area (TPSA) is 93.3 Å². The lowest BCUT2D eigenvalue weighted by molar-refractivity contribution is -0.136. The molecule has 0 aliphatic carbocycles. The van der Waals surface area contributed by atoms with Gasteiger partial charge >= 0.3 is 12.1 Å². The number of carbonyl (C=O) groups excluding carboxylic acids is 2. The second-order valence-electron chi connectivity index (χ2n) is 4.21. The molecule has 7 heteroatoms. The Morgan fingerprint density at radius 1 is 1.32 bits per heavy atom. The number of esters is 1. The highest BCUT2D eigenvalue weighted by Crippen LogP contribution is 2.04. The fourth-order valence-corrected chi connectivity index (χ4v) is 1.62. The van der Waals surface area contributed by atoms with E-state index < -0.39 is 12.1 Å². The molecule has 1 aromatic carbocycles. The first-order valence-corrected chi connectivity index (χ1v) is 6.46. The number of aromatic nitrogens is 2. The number of carbonyl (C=O) groups is 2. The zero-order chi connectivity index (χ0) is 15.8. The van der Waals surface area contributed by atoms with Crippen molar-refractivity contribution in [3.8, 4) is 0 Å². The normalized spacial score (nSPS) is 10.9. The molecule has 0 spiro atoms. The predicted octanol–water partition coefficient (Wildman–Crippen LogP) is 1.85. The van der Waals surface area contributed by atoms with Crippen molar-refractivity contribution in [3.63, 3.8) is 0 Å². The van der Waals surface area contributed by atoms with Crippen LogP contribution in [0.15, 0.2) is 48.4 Å². The molecule has 114 valence electrons. The van der Waals surface area contributed by atoms with E-state index >= 15 is 0 Å². The monoisotopic (exact) mass is 301 g/mol. The number of nitrogens with one attached hydrogen (secondary N) is 2. The molecule has 7 nitrogen and oxygen atoms in total. The van der Waals surface area contributed by atoms with Crippen LogP contribution in [0.3, 0.4) is 0 Å². The molecule has 0 fully saturated rings. The van der Waals surface area contributed by atoms with Crippen molar-refractivity contribution < 1.29 is 19.1 Å². The van der Waals surface area contributed by atoms with E-state index in [2.05, 4.69) is 20.0 Å². The van der Waals surface area contributed by atoms with Crippen molar-refractivity contribution >= 4 is 18.1 Å². The fourth-order valence-electron chi connectivity index (χ4n) is 1.62. The number of methoxy groups -OCH3 is 1. The molecule has 0 saturated carbocycles. The number of alkyl carbamates (subject to hydrolysis) is 1. The molecule has 1 amide bonds. The van der Waals surface area contributed by atoms with Crippen molar-refractivity contribution in [2.75, 3.05) is 7.11 Å². The van der Waals surface area contributed by atoms with Gasteiger partial charge in [0.15, 0.2) is 0 Å². The van der Waals surface area contributed by atoms with E-state index in [-0.39, 0.29) is 12.3 Å². The zero-order valence-corrected chi connectivity index (χ0v) is 11.9. The summed E-state index contributed by atoms with van der Waals surface area (Å²) in [6.07, 6.45) is 3.71. The minimum absolute atomic E-state index is 0.0736.